The van der Waals surface area contributed by atoms with E-state index in [1.807, 2.05) is 45.9 Å². The van der Waals surface area contributed by atoms with Crippen LogP contribution in [0.25, 0.3) is 22.2 Å². The summed E-state index contributed by atoms with van der Waals surface area (Å²) in [5.74, 6) is 0.788. The SMILES string of the molecule is CCc1noc([C@@H](C)NC(=O)c2c(C)c(-c3cn[nH]c3)nc3ccc(C)cc23)n1. The second-order valence-corrected chi connectivity index (χ2v) is 7.07. The third kappa shape index (κ3) is 3.49. The highest BCUT2D eigenvalue weighted by Crippen LogP contribution is 2.30. The number of pyridine rings is 1. The van der Waals surface area contributed by atoms with Crippen LogP contribution >= 0.6 is 0 Å². The van der Waals surface area contributed by atoms with Gasteiger partial charge in [-0.15, -0.1) is 0 Å². The molecular formula is C21H22N6O2. The van der Waals surface area contributed by atoms with Crippen molar-refractivity contribution >= 4 is 16.8 Å². The van der Waals surface area contributed by atoms with Gasteiger partial charge in [-0.3, -0.25) is 9.89 Å². The summed E-state index contributed by atoms with van der Waals surface area (Å²) in [5, 5.41) is 14.5. The average molecular weight is 390 g/mol. The van der Waals surface area contributed by atoms with Gasteiger partial charge in [0.05, 0.1) is 23.0 Å². The number of aromatic nitrogens is 5. The maximum absolute atomic E-state index is 13.3. The molecule has 4 rings (SSSR count). The molecule has 3 heterocycles. The number of nitrogens with zero attached hydrogens (tertiary/aromatic N) is 4. The molecule has 8 heteroatoms. The maximum Gasteiger partial charge on any atom is 0.252 e. The van der Waals surface area contributed by atoms with Crippen molar-refractivity contribution in [2.24, 2.45) is 0 Å². The topological polar surface area (TPSA) is 110 Å². The minimum absolute atomic E-state index is 0.214. The summed E-state index contributed by atoms with van der Waals surface area (Å²) in [6.45, 7) is 7.67. The van der Waals surface area contributed by atoms with Crippen LogP contribution in [0.2, 0.25) is 0 Å². The Morgan fingerprint density at radius 1 is 1.28 bits per heavy atom. The molecule has 0 fully saturated rings. The fourth-order valence-electron chi connectivity index (χ4n) is 3.34. The average Bonchev–Trinajstić information content (AvgIpc) is 3.39. The van der Waals surface area contributed by atoms with Gasteiger partial charge in [0.15, 0.2) is 5.82 Å². The number of hydrogen-bond acceptors (Lipinski definition) is 6. The van der Waals surface area contributed by atoms with Gasteiger partial charge in [-0.05, 0) is 38.5 Å². The van der Waals surface area contributed by atoms with Gasteiger partial charge in [-0.2, -0.15) is 10.1 Å². The Labute approximate surface area is 167 Å². The zero-order valence-electron chi connectivity index (χ0n) is 16.8. The van der Waals surface area contributed by atoms with Crippen molar-refractivity contribution in [3.05, 3.63) is 59.0 Å². The second kappa shape index (κ2) is 7.46. The summed E-state index contributed by atoms with van der Waals surface area (Å²) in [4.78, 5) is 22.4. The van der Waals surface area contributed by atoms with Gasteiger partial charge in [0.25, 0.3) is 5.91 Å². The highest BCUT2D eigenvalue weighted by atomic mass is 16.5. The van der Waals surface area contributed by atoms with Crippen molar-refractivity contribution in [1.29, 1.82) is 0 Å². The molecule has 0 saturated carbocycles. The van der Waals surface area contributed by atoms with Crippen LogP contribution in [0.15, 0.2) is 35.1 Å². The first kappa shape index (κ1) is 18.8. The number of amides is 1. The molecule has 29 heavy (non-hydrogen) atoms. The normalized spacial score (nSPS) is 12.3. The Morgan fingerprint density at radius 3 is 2.79 bits per heavy atom. The van der Waals surface area contributed by atoms with Gasteiger partial charge in [0, 0.05) is 23.6 Å². The summed E-state index contributed by atoms with van der Waals surface area (Å²) in [6.07, 6.45) is 4.14. The first-order valence-electron chi connectivity index (χ1n) is 9.51. The molecule has 1 atom stereocenters. The van der Waals surface area contributed by atoms with Gasteiger partial charge >= 0.3 is 0 Å². The lowest BCUT2D eigenvalue weighted by Crippen LogP contribution is -2.28. The van der Waals surface area contributed by atoms with E-state index in [4.69, 9.17) is 9.51 Å². The monoisotopic (exact) mass is 390 g/mol. The van der Waals surface area contributed by atoms with Crippen LogP contribution in [0.3, 0.4) is 0 Å². The number of H-pyrrole nitrogens is 1. The Hall–Kier alpha value is -3.55. The lowest BCUT2D eigenvalue weighted by Gasteiger charge is -2.16. The van der Waals surface area contributed by atoms with Crippen LogP contribution in [-0.4, -0.2) is 31.2 Å². The zero-order chi connectivity index (χ0) is 20.5. The maximum atomic E-state index is 13.3. The van der Waals surface area contributed by atoms with Gasteiger partial charge in [0.2, 0.25) is 5.89 Å². The summed E-state index contributed by atoms with van der Waals surface area (Å²) in [6, 6.07) is 5.48. The Bertz CT molecular complexity index is 1180. The summed E-state index contributed by atoms with van der Waals surface area (Å²) in [7, 11) is 0. The van der Waals surface area contributed by atoms with E-state index in [1.54, 1.807) is 12.4 Å². The van der Waals surface area contributed by atoms with Crippen LogP contribution in [0.5, 0.6) is 0 Å². The molecule has 0 spiro atoms. The lowest BCUT2D eigenvalue weighted by molar-refractivity contribution is 0.0933. The number of rotatable bonds is 5. The molecule has 3 aromatic heterocycles. The van der Waals surface area contributed by atoms with E-state index >= 15 is 0 Å². The highest BCUT2D eigenvalue weighted by Gasteiger charge is 2.23. The van der Waals surface area contributed by atoms with Gasteiger partial charge in [-0.25, -0.2) is 4.98 Å². The van der Waals surface area contributed by atoms with Crippen molar-refractivity contribution in [1.82, 2.24) is 30.6 Å². The molecule has 2 N–H and O–H groups in total. The zero-order valence-corrected chi connectivity index (χ0v) is 16.8. The molecule has 1 aromatic carbocycles. The summed E-state index contributed by atoms with van der Waals surface area (Å²) >= 11 is 0. The molecule has 0 aliphatic heterocycles. The fourth-order valence-corrected chi connectivity index (χ4v) is 3.34. The van der Waals surface area contributed by atoms with E-state index in [9.17, 15) is 4.79 Å². The summed E-state index contributed by atoms with van der Waals surface area (Å²) in [5.41, 5.74) is 4.73. The minimum Gasteiger partial charge on any atom is -0.340 e. The van der Waals surface area contributed by atoms with Crippen LogP contribution in [0.1, 0.15) is 53.1 Å². The van der Waals surface area contributed by atoms with Crippen LogP contribution in [-0.2, 0) is 6.42 Å². The van der Waals surface area contributed by atoms with E-state index in [0.717, 1.165) is 33.3 Å². The van der Waals surface area contributed by atoms with Crippen molar-refractivity contribution < 1.29 is 9.32 Å². The van der Waals surface area contributed by atoms with E-state index in [2.05, 4.69) is 25.7 Å². The van der Waals surface area contributed by atoms with Crippen LogP contribution in [0, 0.1) is 13.8 Å². The van der Waals surface area contributed by atoms with Crippen molar-refractivity contribution in [3.63, 3.8) is 0 Å². The molecule has 0 aliphatic carbocycles. The summed E-state index contributed by atoms with van der Waals surface area (Å²) < 4.78 is 5.27. The predicted molar refractivity (Wildman–Crippen MR) is 108 cm³/mol. The van der Waals surface area contributed by atoms with E-state index in [1.165, 1.54) is 0 Å². The Morgan fingerprint density at radius 2 is 2.10 bits per heavy atom. The van der Waals surface area contributed by atoms with Crippen molar-refractivity contribution in [2.75, 3.05) is 0 Å². The second-order valence-electron chi connectivity index (χ2n) is 7.07. The first-order valence-corrected chi connectivity index (χ1v) is 9.51. The quantitative estimate of drug-likeness (QED) is 0.538. The van der Waals surface area contributed by atoms with Crippen LogP contribution < -0.4 is 5.32 Å². The number of hydrogen-bond donors (Lipinski definition) is 2. The molecule has 0 aliphatic rings. The number of fused-ring (bicyclic) bond motifs is 1. The molecule has 4 aromatic rings. The van der Waals surface area contributed by atoms with E-state index in [-0.39, 0.29) is 5.91 Å². The van der Waals surface area contributed by atoms with E-state index < -0.39 is 6.04 Å². The molecule has 8 nitrogen and oxygen atoms in total. The molecule has 1 amide bonds. The number of nitrogens with one attached hydrogen (secondary N) is 2. The highest BCUT2D eigenvalue weighted by molar-refractivity contribution is 6.09. The number of carbonyl (C=O) groups is 1. The predicted octanol–water partition coefficient (Wildman–Crippen LogP) is 3.68. The number of aromatic amines is 1. The Kier molecular flexibility index (Phi) is 4.84. The van der Waals surface area contributed by atoms with Gasteiger partial charge in [0.1, 0.15) is 6.04 Å². The molecule has 0 radical (unpaired) electrons. The molecule has 0 bridgehead atoms. The Balaban J connectivity index is 1.79. The molecule has 148 valence electrons. The first-order chi connectivity index (χ1) is 14.0. The minimum atomic E-state index is -0.417. The molecule has 0 saturated heterocycles. The standard InChI is InChI=1S/C21H22N6O2/c1-5-17-26-21(29-27-17)13(4)24-20(28)18-12(3)19(14-9-22-23-10-14)25-16-7-6-11(2)8-15(16)18/h6-10,13H,5H2,1-4H3,(H,22,23)(H,24,28)/t13-/m1/s1. The van der Waals surface area contributed by atoms with Gasteiger partial charge in [-0.1, -0.05) is 23.7 Å². The number of aryl methyl sites for hydroxylation is 2. The van der Waals surface area contributed by atoms with Crippen LogP contribution in [0.4, 0.5) is 0 Å². The molecular weight excluding hydrogens is 368 g/mol. The smallest absolute Gasteiger partial charge is 0.252 e. The molecule has 0 unspecified atom stereocenters. The number of benzene rings is 1. The van der Waals surface area contributed by atoms with Crippen molar-refractivity contribution in [3.8, 4) is 11.3 Å². The fraction of sp³-hybridized carbons (Fsp3) is 0.286. The largest absolute Gasteiger partial charge is 0.340 e. The number of carbonyl (C=O) groups excluding carboxylic acids is 1. The lowest BCUT2D eigenvalue weighted by atomic mass is 9.97. The third-order valence-electron chi connectivity index (χ3n) is 4.90. The van der Waals surface area contributed by atoms with Crippen molar-refractivity contribution in [2.45, 2.75) is 40.2 Å². The van der Waals surface area contributed by atoms with E-state index in [0.29, 0.717) is 23.7 Å². The third-order valence-corrected chi connectivity index (χ3v) is 4.90. The van der Waals surface area contributed by atoms with Gasteiger partial charge < -0.3 is 9.84 Å².